The monoisotopic (exact) mass is 465 g/mol. The molecule has 0 bridgehead atoms. The first-order valence-electron chi connectivity index (χ1n) is 10.5. The molecule has 0 aliphatic heterocycles. The first kappa shape index (κ1) is 25.6. The molecule has 0 N–H and O–H groups in total. The fourth-order valence-corrected chi connectivity index (χ4v) is 4.83. The van der Waals surface area contributed by atoms with Crippen LogP contribution in [0.2, 0.25) is 0 Å². The van der Waals surface area contributed by atoms with Crippen molar-refractivity contribution in [1.29, 1.82) is 0 Å². The number of carbonyl (C=O) groups excluding carboxylic acids is 1. The molecule has 0 saturated carbocycles. The molecule has 0 aliphatic rings. The van der Waals surface area contributed by atoms with Gasteiger partial charge < -0.3 is 4.74 Å². The molecule has 1 aromatic heterocycles. The van der Waals surface area contributed by atoms with E-state index in [9.17, 15) is 13.2 Å². The third kappa shape index (κ3) is 8.39. The van der Waals surface area contributed by atoms with Crippen LogP contribution in [0.25, 0.3) is 0 Å². The van der Waals surface area contributed by atoms with E-state index in [0.29, 0.717) is 30.8 Å². The number of sulfonamides is 1. The van der Waals surface area contributed by atoms with Gasteiger partial charge in [-0.2, -0.15) is 4.31 Å². The molecule has 31 heavy (non-hydrogen) atoms. The van der Waals surface area contributed by atoms with Crippen LogP contribution < -0.4 is 0 Å². The van der Waals surface area contributed by atoms with Crippen LogP contribution in [0.4, 0.5) is 0 Å². The Morgan fingerprint density at radius 1 is 1.00 bits per heavy atom. The minimum Gasteiger partial charge on any atom is -0.456 e. The lowest BCUT2D eigenvalue weighted by atomic mass is 9.87. The van der Waals surface area contributed by atoms with E-state index in [1.54, 1.807) is 6.07 Å². The molecule has 0 saturated heterocycles. The lowest BCUT2D eigenvalue weighted by molar-refractivity contribution is 0.00752. The molecule has 0 unspecified atom stereocenters. The number of nitrogens with zero attached hydrogens (tertiary/aromatic N) is 1. The number of aryl methyl sites for hydroxylation is 1. The van der Waals surface area contributed by atoms with Crippen molar-refractivity contribution in [3.8, 4) is 0 Å². The highest BCUT2D eigenvalue weighted by Gasteiger charge is 2.20. The molecule has 0 radical (unpaired) electrons. The van der Waals surface area contributed by atoms with Crippen LogP contribution >= 0.6 is 11.3 Å². The number of benzene rings is 1. The number of hydrogen-bond acceptors (Lipinski definition) is 5. The van der Waals surface area contributed by atoms with E-state index in [0.717, 1.165) is 10.4 Å². The van der Waals surface area contributed by atoms with E-state index in [-0.39, 0.29) is 11.4 Å². The summed E-state index contributed by atoms with van der Waals surface area (Å²) in [5.41, 5.74) is 1.73. The normalized spacial score (nSPS) is 12.9. The van der Waals surface area contributed by atoms with Gasteiger partial charge in [0.15, 0.2) is 0 Å². The molecule has 2 aromatic rings. The number of rotatable bonds is 8. The first-order valence-corrected chi connectivity index (χ1v) is 13.2. The largest absolute Gasteiger partial charge is 0.456 e. The van der Waals surface area contributed by atoms with E-state index in [1.165, 1.54) is 27.5 Å². The molecule has 1 heterocycles. The summed E-state index contributed by atoms with van der Waals surface area (Å²) in [6, 6.07) is 11.8. The minimum absolute atomic E-state index is 0.0634. The zero-order valence-corrected chi connectivity index (χ0v) is 21.3. The van der Waals surface area contributed by atoms with Crippen molar-refractivity contribution in [2.24, 2.45) is 0 Å². The number of esters is 1. The summed E-state index contributed by atoms with van der Waals surface area (Å²) >= 11 is 1.41. The van der Waals surface area contributed by atoms with Crippen molar-refractivity contribution >= 4 is 27.3 Å². The number of thiophene rings is 1. The van der Waals surface area contributed by atoms with Crippen LogP contribution in [0.5, 0.6) is 0 Å². The fourth-order valence-electron chi connectivity index (χ4n) is 3.06. The van der Waals surface area contributed by atoms with Gasteiger partial charge in [0.05, 0.1) is 6.26 Å². The maximum Gasteiger partial charge on any atom is 0.348 e. The quantitative estimate of drug-likeness (QED) is 0.490. The van der Waals surface area contributed by atoms with Crippen molar-refractivity contribution < 1.29 is 17.9 Å². The molecular formula is C24H35NO4S2. The van der Waals surface area contributed by atoms with Gasteiger partial charge in [-0.15, -0.1) is 11.3 Å². The first-order chi connectivity index (χ1) is 14.1. The molecule has 7 heteroatoms. The Morgan fingerprint density at radius 3 is 2.13 bits per heavy atom. The second-order valence-corrected chi connectivity index (χ2v) is 13.1. The summed E-state index contributed by atoms with van der Waals surface area (Å²) in [5.74, 6) is -0.319. The molecule has 5 nitrogen and oxygen atoms in total. The van der Waals surface area contributed by atoms with Crippen molar-refractivity contribution in [2.75, 3.05) is 12.8 Å². The second-order valence-electron chi connectivity index (χ2n) is 9.91. The Labute approximate surface area is 191 Å². The Bertz CT molecular complexity index is 978. The Morgan fingerprint density at radius 2 is 1.61 bits per heavy atom. The lowest BCUT2D eigenvalue weighted by Crippen LogP contribution is -2.30. The maximum atomic E-state index is 12.3. The Balaban J connectivity index is 1.97. The summed E-state index contributed by atoms with van der Waals surface area (Å²) in [5, 5.41) is 0. The van der Waals surface area contributed by atoms with E-state index < -0.39 is 15.6 Å². The van der Waals surface area contributed by atoms with Crippen molar-refractivity contribution in [3.05, 3.63) is 57.3 Å². The summed E-state index contributed by atoms with van der Waals surface area (Å²) in [6.45, 7) is 12.8. The number of carbonyl (C=O) groups is 1. The van der Waals surface area contributed by atoms with Gasteiger partial charge in [0.1, 0.15) is 10.5 Å². The molecule has 0 fully saturated rings. The molecule has 0 aliphatic carbocycles. The fraction of sp³-hybridized carbons (Fsp3) is 0.542. The van der Waals surface area contributed by atoms with Crippen LogP contribution in [-0.4, -0.2) is 37.1 Å². The predicted molar refractivity (Wildman–Crippen MR) is 128 cm³/mol. The molecule has 172 valence electrons. The highest BCUT2D eigenvalue weighted by atomic mass is 32.2. The van der Waals surface area contributed by atoms with Crippen molar-refractivity contribution in [1.82, 2.24) is 4.31 Å². The van der Waals surface area contributed by atoms with Gasteiger partial charge in [0.25, 0.3) is 0 Å². The summed E-state index contributed by atoms with van der Waals surface area (Å²) < 4.78 is 31.5. The highest BCUT2D eigenvalue weighted by Crippen LogP contribution is 2.24. The van der Waals surface area contributed by atoms with Crippen LogP contribution in [0.15, 0.2) is 36.4 Å². The van der Waals surface area contributed by atoms with Gasteiger partial charge in [0, 0.05) is 18.0 Å². The smallest absolute Gasteiger partial charge is 0.348 e. The number of ether oxygens (including phenoxy) is 1. The molecule has 1 aromatic carbocycles. The van der Waals surface area contributed by atoms with Gasteiger partial charge in [-0.3, -0.25) is 0 Å². The van der Waals surface area contributed by atoms with E-state index in [2.05, 4.69) is 32.9 Å². The zero-order chi connectivity index (χ0) is 23.4. The number of hydrogen-bond donors (Lipinski definition) is 0. The van der Waals surface area contributed by atoms with Crippen molar-refractivity contribution in [2.45, 2.75) is 71.9 Å². The van der Waals surface area contributed by atoms with Crippen LogP contribution in [0.3, 0.4) is 0 Å². The third-order valence-corrected chi connectivity index (χ3v) is 7.12. The van der Waals surface area contributed by atoms with Gasteiger partial charge >= 0.3 is 5.97 Å². The second kappa shape index (κ2) is 9.84. The van der Waals surface area contributed by atoms with Crippen LogP contribution in [0.1, 0.15) is 73.6 Å². The lowest BCUT2D eigenvalue weighted by Gasteiger charge is -2.22. The summed E-state index contributed by atoms with van der Waals surface area (Å²) in [6.07, 6.45) is 2.64. The summed E-state index contributed by atoms with van der Waals surface area (Å²) in [7, 11) is -3.32. The average Bonchev–Trinajstić information content (AvgIpc) is 3.07. The van der Waals surface area contributed by atoms with Gasteiger partial charge in [-0.25, -0.2) is 13.2 Å². The third-order valence-electron chi connectivity index (χ3n) is 4.74. The van der Waals surface area contributed by atoms with Gasteiger partial charge in [-0.05, 0) is 62.3 Å². The molecule has 2 rings (SSSR count). The SMILES string of the molecule is CC(C)(C)OC(=O)c1ccc(CCCN(Cc2ccc(C(C)(C)C)cc2)S(C)(=O)=O)s1. The van der Waals surface area contributed by atoms with Crippen LogP contribution in [-0.2, 0) is 33.1 Å². The molecule has 0 amide bonds. The van der Waals surface area contributed by atoms with E-state index >= 15 is 0 Å². The maximum absolute atomic E-state index is 12.3. The summed E-state index contributed by atoms with van der Waals surface area (Å²) in [4.78, 5) is 13.8. The van der Waals surface area contributed by atoms with E-state index in [1.807, 2.05) is 39.0 Å². The van der Waals surface area contributed by atoms with Crippen molar-refractivity contribution in [3.63, 3.8) is 0 Å². The Kier molecular flexibility index (Phi) is 8.11. The topological polar surface area (TPSA) is 63.7 Å². The standard InChI is InChI=1S/C24H35NO4S2/c1-23(2,3)19-12-10-18(11-13-19)17-25(31(7,27)28)16-8-9-20-14-15-21(30-20)22(26)29-24(4,5)6/h10-15H,8-9,16-17H2,1-7H3. The van der Waals surface area contributed by atoms with E-state index in [4.69, 9.17) is 4.74 Å². The molecule has 0 spiro atoms. The Hall–Kier alpha value is -1.70. The molecule has 0 atom stereocenters. The highest BCUT2D eigenvalue weighted by molar-refractivity contribution is 7.88. The predicted octanol–water partition coefficient (Wildman–Crippen LogP) is 5.40. The average molecular weight is 466 g/mol. The molecular weight excluding hydrogens is 430 g/mol. The van der Waals surface area contributed by atoms with Crippen LogP contribution in [0, 0.1) is 0 Å². The zero-order valence-electron chi connectivity index (χ0n) is 19.7. The minimum atomic E-state index is -3.32. The van der Waals surface area contributed by atoms with Gasteiger partial charge in [-0.1, -0.05) is 45.0 Å². The van der Waals surface area contributed by atoms with Gasteiger partial charge in [0.2, 0.25) is 10.0 Å².